The van der Waals surface area contributed by atoms with Crippen LogP contribution in [0.2, 0.25) is 0 Å². The van der Waals surface area contributed by atoms with E-state index in [-0.39, 0.29) is 18.6 Å². The molecule has 2 heteroatoms. The Balaban J connectivity index is 3.40. The molecule has 0 saturated heterocycles. The number of hydrogen-bond donors (Lipinski definition) is 2. The molecule has 62 valence electrons. The Bertz CT molecular complexity index is 71.7. The highest BCUT2D eigenvalue weighted by molar-refractivity contribution is 4.62. The summed E-state index contributed by atoms with van der Waals surface area (Å²) in [5.74, 6) is 0.0833. The fraction of sp³-hybridized carbons (Fsp3) is 1.00. The molecule has 0 spiro atoms. The molecule has 0 saturated carbocycles. The Hall–Kier alpha value is -0.0800. The van der Waals surface area contributed by atoms with Crippen molar-refractivity contribution in [2.24, 2.45) is 5.92 Å². The molecule has 0 aromatic carbocycles. The monoisotopic (exact) mass is 146 g/mol. The van der Waals surface area contributed by atoms with Gasteiger partial charge in [0.15, 0.2) is 0 Å². The second-order valence-electron chi connectivity index (χ2n) is 2.83. The molecule has 0 aliphatic rings. The molecule has 2 N–H and O–H groups in total. The topological polar surface area (TPSA) is 40.5 Å². The van der Waals surface area contributed by atoms with Crippen LogP contribution in [0.3, 0.4) is 0 Å². The Kier molecular flexibility index (Phi) is 5.64. The van der Waals surface area contributed by atoms with Crippen LogP contribution in [0.4, 0.5) is 0 Å². The summed E-state index contributed by atoms with van der Waals surface area (Å²) in [6, 6.07) is 0. The molecule has 0 amide bonds. The quantitative estimate of drug-likeness (QED) is 0.611. The van der Waals surface area contributed by atoms with E-state index in [4.69, 9.17) is 10.2 Å². The van der Waals surface area contributed by atoms with Crippen LogP contribution in [0.15, 0.2) is 0 Å². The molecule has 0 aliphatic heterocycles. The van der Waals surface area contributed by atoms with Crippen molar-refractivity contribution in [2.75, 3.05) is 6.61 Å². The van der Waals surface area contributed by atoms with Crippen LogP contribution in [0.25, 0.3) is 0 Å². The molecule has 0 radical (unpaired) electrons. The van der Waals surface area contributed by atoms with Gasteiger partial charge < -0.3 is 10.2 Å². The normalized spacial score (nSPS) is 16.8. The number of rotatable bonds is 5. The van der Waals surface area contributed by atoms with Gasteiger partial charge in [0.2, 0.25) is 0 Å². The maximum absolute atomic E-state index is 9.08. The molecule has 0 unspecified atom stereocenters. The van der Waals surface area contributed by atoms with Crippen LogP contribution in [0, 0.1) is 5.92 Å². The molecule has 0 aromatic rings. The van der Waals surface area contributed by atoms with Crippen molar-refractivity contribution in [3.8, 4) is 0 Å². The molecule has 10 heavy (non-hydrogen) atoms. The van der Waals surface area contributed by atoms with Gasteiger partial charge in [0.1, 0.15) is 0 Å². The van der Waals surface area contributed by atoms with E-state index in [0.717, 1.165) is 19.3 Å². The highest BCUT2D eigenvalue weighted by atomic mass is 16.3. The van der Waals surface area contributed by atoms with Gasteiger partial charge in [0.25, 0.3) is 0 Å². The minimum Gasteiger partial charge on any atom is -0.396 e. The molecule has 0 bridgehead atoms. The van der Waals surface area contributed by atoms with E-state index in [0.29, 0.717) is 0 Å². The van der Waals surface area contributed by atoms with E-state index in [1.165, 1.54) is 0 Å². The summed E-state index contributed by atoms with van der Waals surface area (Å²) in [5, 5.41) is 17.8. The summed E-state index contributed by atoms with van der Waals surface area (Å²) < 4.78 is 0. The minimum absolute atomic E-state index is 0.0833. The lowest BCUT2D eigenvalue weighted by atomic mass is 9.98. The van der Waals surface area contributed by atoms with E-state index in [9.17, 15) is 0 Å². The molecule has 0 rings (SSSR count). The molecule has 0 fully saturated rings. The Labute approximate surface area is 62.9 Å². The molecule has 0 aliphatic carbocycles. The third kappa shape index (κ3) is 3.85. The van der Waals surface area contributed by atoms with E-state index in [1.807, 2.05) is 0 Å². The molecule has 2 nitrogen and oxygen atoms in total. The van der Waals surface area contributed by atoms with Gasteiger partial charge in [-0.25, -0.2) is 0 Å². The maximum Gasteiger partial charge on any atom is 0.0562 e. The summed E-state index contributed by atoms with van der Waals surface area (Å²) in [4.78, 5) is 0. The van der Waals surface area contributed by atoms with Crippen molar-refractivity contribution in [2.45, 2.75) is 39.2 Å². The van der Waals surface area contributed by atoms with E-state index < -0.39 is 0 Å². The highest BCUT2D eigenvalue weighted by Crippen LogP contribution is 2.11. The third-order valence-electron chi connectivity index (χ3n) is 1.85. The largest absolute Gasteiger partial charge is 0.396 e. The number of unbranched alkanes of at least 4 members (excludes halogenated alkanes) is 1. The lowest BCUT2D eigenvalue weighted by Gasteiger charge is -2.15. The van der Waals surface area contributed by atoms with Crippen LogP contribution >= 0.6 is 0 Å². The predicted octanol–water partition coefficient (Wildman–Crippen LogP) is 1.17. The fourth-order valence-corrected chi connectivity index (χ4v) is 0.951. The van der Waals surface area contributed by atoms with Gasteiger partial charge >= 0.3 is 0 Å². The van der Waals surface area contributed by atoms with E-state index >= 15 is 0 Å². The summed E-state index contributed by atoms with van der Waals surface area (Å²) >= 11 is 0. The first kappa shape index (κ1) is 9.92. The summed E-state index contributed by atoms with van der Waals surface area (Å²) in [6.45, 7) is 3.95. The highest BCUT2D eigenvalue weighted by Gasteiger charge is 2.11. The minimum atomic E-state index is -0.364. The summed E-state index contributed by atoms with van der Waals surface area (Å²) in [6.07, 6.45) is 2.79. The third-order valence-corrected chi connectivity index (χ3v) is 1.85. The SMILES string of the molecule is CCCC[C@@H](CO)[C@H](C)O. The molecule has 0 heterocycles. The summed E-state index contributed by atoms with van der Waals surface area (Å²) in [5.41, 5.74) is 0. The average molecular weight is 146 g/mol. The number of hydrogen-bond acceptors (Lipinski definition) is 2. The van der Waals surface area contributed by atoms with Crippen LogP contribution in [-0.2, 0) is 0 Å². The van der Waals surface area contributed by atoms with Gasteiger partial charge in [-0.1, -0.05) is 19.8 Å². The maximum atomic E-state index is 9.08. The Morgan fingerprint density at radius 3 is 2.30 bits per heavy atom. The van der Waals surface area contributed by atoms with Crippen molar-refractivity contribution in [3.63, 3.8) is 0 Å². The van der Waals surface area contributed by atoms with Gasteiger partial charge in [-0.3, -0.25) is 0 Å². The van der Waals surface area contributed by atoms with Crippen LogP contribution < -0.4 is 0 Å². The standard InChI is InChI=1S/C8H18O2/c1-3-4-5-8(6-9)7(2)10/h7-10H,3-6H2,1-2H3/t7-,8-/m0/s1. The van der Waals surface area contributed by atoms with Gasteiger partial charge in [-0.05, 0) is 13.3 Å². The molecule has 0 aromatic heterocycles. The number of aliphatic hydroxyl groups excluding tert-OH is 2. The zero-order valence-electron chi connectivity index (χ0n) is 6.88. The van der Waals surface area contributed by atoms with Crippen LogP contribution in [0.5, 0.6) is 0 Å². The fourth-order valence-electron chi connectivity index (χ4n) is 0.951. The molecule has 2 atom stereocenters. The van der Waals surface area contributed by atoms with Crippen molar-refractivity contribution in [1.29, 1.82) is 0 Å². The van der Waals surface area contributed by atoms with Gasteiger partial charge in [0.05, 0.1) is 6.10 Å². The zero-order chi connectivity index (χ0) is 7.98. The van der Waals surface area contributed by atoms with Crippen LogP contribution in [0.1, 0.15) is 33.1 Å². The Morgan fingerprint density at radius 1 is 1.40 bits per heavy atom. The number of aliphatic hydroxyl groups is 2. The van der Waals surface area contributed by atoms with Crippen molar-refractivity contribution in [1.82, 2.24) is 0 Å². The summed E-state index contributed by atoms with van der Waals surface area (Å²) in [7, 11) is 0. The van der Waals surface area contributed by atoms with E-state index in [1.54, 1.807) is 6.92 Å². The van der Waals surface area contributed by atoms with Gasteiger partial charge in [-0.15, -0.1) is 0 Å². The van der Waals surface area contributed by atoms with Crippen molar-refractivity contribution in [3.05, 3.63) is 0 Å². The van der Waals surface area contributed by atoms with Crippen molar-refractivity contribution < 1.29 is 10.2 Å². The molecular weight excluding hydrogens is 128 g/mol. The second-order valence-corrected chi connectivity index (χ2v) is 2.83. The van der Waals surface area contributed by atoms with E-state index in [2.05, 4.69) is 6.92 Å². The average Bonchev–Trinajstić information content (AvgIpc) is 1.89. The van der Waals surface area contributed by atoms with Gasteiger partial charge in [0, 0.05) is 12.5 Å². The second kappa shape index (κ2) is 5.69. The predicted molar refractivity (Wildman–Crippen MR) is 41.8 cm³/mol. The van der Waals surface area contributed by atoms with Crippen molar-refractivity contribution >= 4 is 0 Å². The van der Waals surface area contributed by atoms with Gasteiger partial charge in [-0.2, -0.15) is 0 Å². The lowest BCUT2D eigenvalue weighted by Crippen LogP contribution is -2.20. The molecular formula is C8H18O2. The first-order valence-corrected chi connectivity index (χ1v) is 4.01. The first-order valence-electron chi connectivity index (χ1n) is 4.01. The Morgan fingerprint density at radius 2 is 2.00 bits per heavy atom. The first-order chi connectivity index (χ1) is 4.72. The van der Waals surface area contributed by atoms with Crippen LogP contribution in [-0.4, -0.2) is 22.9 Å². The zero-order valence-corrected chi connectivity index (χ0v) is 6.88. The smallest absolute Gasteiger partial charge is 0.0562 e. The lowest BCUT2D eigenvalue weighted by molar-refractivity contribution is 0.0745.